The molecule has 1 rings (SSSR count). The van der Waals surface area contributed by atoms with Crippen LogP contribution in [0.4, 0.5) is 11.5 Å². The normalized spacial score (nSPS) is 12.5. The van der Waals surface area contributed by atoms with E-state index >= 15 is 0 Å². The molecule has 0 fully saturated rings. The van der Waals surface area contributed by atoms with Gasteiger partial charge in [0.25, 0.3) is 0 Å². The third kappa shape index (κ3) is 3.09. The number of anilines is 2. The van der Waals surface area contributed by atoms with Gasteiger partial charge in [-0.05, 0) is 41.3 Å². The third-order valence-electron chi connectivity index (χ3n) is 2.61. The molecule has 0 aliphatic heterocycles. The average Bonchev–Trinajstić information content (AvgIpc) is 2.29. The Balaban J connectivity index is 2.84. The molecule has 1 heterocycles. The van der Waals surface area contributed by atoms with E-state index in [4.69, 9.17) is 10.8 Å². The molecule has 1 aromatic rings. The van der Waals surface area contributed by atoms with E-state index in [2.05, 4.69) is 33.2 Å². The fraction of sp³-hybridized carbons (Fsp3) is 0.545. The SMILES string of the molecule is CCC(CCO)Nc1ncc(N)c(C)c1Br. The van der Waals surface area contributed by atoms with Crippen molar-refractivity contribution in [2.45, 2.75) is 32.7 Å². The predicted octanol–water partition coefficient (Wildman–Crippen LogP) is 2.31. The number of aliphatic hydroxyl groups is 1. The highest BCUT2D eigenvalue weighted by atomic mass is 79.9. The summed E-state index contributed by atoms with van der Waals surface area (Å²) in [6, 6.07) is 0.233. The van der Waals surface area contributed by atoms with Crippen molar-refractivity contribution in [1.82, 2.24) is 4.98 Å². The molecule has 4 nitrogen and oxygen atoms in total. The van der Waals surface area contributed by atoms with E-state index in [1.807, 2.05) is 6.92 Å². The topological polar surface area (TPSA) is 71.2 Å². The van der Waals surface area contributed by atoms with Gasteiger partial charge in [0, 0.05) is 12.6 Å². The van der Waals surface area contributed by atoms with Gasteiger partial charge < -0.3 is 16.2 Å². The van der Waals surface area contributed by atoms with Crippen LogP contribution in [0.3, 0.4) is 0 Å². The third-order valence-corrected chi connectivity index (χ3v) is 3.58. The van der Waals surface area contributed by atoms with Gasteiger partial charge in [-0.1, -0.05) is 6.92 Å². The zero-order valence-corrected chi connectivity index (χ0v) is 11.2. The van der Waals surface area contributed by atoms with Crippen molar-refractivity contribution in [3.8, 4) is 0 Å². The highest BCUT2D eigenvalue weighted by Crippen LogP contribution is 2.28. The standard InChI is InChI=1S/C11H18BrN3O/c1-3-8(4-5-16)15-11-10(12)7(2)9(13)6-14-11/h6,8,16H,3-5,13H2,1-2H3,(H,14,15). The second kappa shape index (κ2) is 6.06. The van der Waals surface area contributed by atoms with Crippen LogP contribution in [0.1, 0.15) is 25.3 Å². The number of nitrogens with two attached hydrogens (primary N) is 1. The minimum atomic E-state index is 0.178. The minimum absolute atomic E-state index is 0.178. The molecule has 0 spiro atoms. The summed E-state index contributed by atoms with van der Waals surface area (Å²) in [7, 11) is 0. The van der Waals surface area contributed by atoms with Crippen LogP contribution >= 0.6 is 15.9 Å². The van der Waals surface area contributed by atoms with Crippen LogP contribution in [-0.2, 0) is 0 Å². The highest BCUT2D eigenvalue weighted by molar-refractivity contribution is 9.10. The van der Waals surface area contributed by atoms with Crippen molar-refractivity contribution in [2.24, 2.45) is 0 Å². The van der Waals surface area contributed by atoms with Crippen molar-refractivity contribution < 1.29 is 5.11 Å². The maximum Gasteiger partial charge on any atom is 0.140 e. The summed E-state index contributed by atoms with van der Waals surface area (Å²) in [6.45, 7) is 4.20. The molecule has 0 aliphatic rings. The number of nitrogens with zero attached hydrogens (tertiary/aromatic N) is 1. The Kier molecular flexibility index (Phi) is 5.02. The molecule has 0 aromatic carbocycles. The van der Waals surface area contributed by atoms with E-state index in [0.717, 1.165) is 22.3 Å². The first kappa shape index (κ1) is 13.3. The Morgan fingerprint density at radius 1 is 1.62 bits per heavy atom. The van der Waals surface area contributed by atoms with Gasteiger partial charge in [0.2, 0.25) is 0 Å². The summed E-state index contributed by atoms with van der Waals surface area (Å²) in [5.41, 5.74) is 7.41. The van der Waals surface area contributed by atoms with Crippen LogP contribution in [0.25, 0.3) is 0 Å². The van der Waals surface area contributed by atoms with Crippen molar-refractivity contribution >= 4 is 27.4 Å². The summed E-state index contributed by atoms with van der Waals surface area (Å²) in [4.78, 5) is 4.24. The van der Waals surface area contributed by atoms with Crippen LogP contribution in [-0.4, -0.2) is 22.7 Å². The summed E-state index contributed by atoms with van der Waals surface area (Å²) in [5, 5.41) is 12.2. The van der Waals surface area contributed by atoms with Crippen molar-refractivity contribution in [1.29, 1.82) is 0 Å². The van der Waals surface area contributed by atoms with E-state index in [1.165, 1.54) is 0 Å². The first-order valence-corrected chi connectivity index (χ1v) is 6.17. The largest absolute Gasteiger partial charge is 0.397 e. The zero-order valence-electron chi connectivity index (χ0n) is 9.63. The van der Waals surface area contributed by atoms with Crippen LogP contribution in [0.15, 0.2) is 10.7 Å². The average molecular weight is 288 g/mol. The zero-order chi connectivity index (χ0) is 12.1. The van der Waals surface area contributed by atoms with Gasteiger partial charge in [-0.3, -0.25) is 0 Å². The van der Waals surface area contributed by atoms with Gasteiger partial charge in [-0.15, -0.1) is 0 Å². The lowest BCUT2D eigenvalue weighted by molar-refractivity contribution is 0.278. The van der Waals surface area contributed by atoms with Gasteiger partial charge in [0.1, 0.15) is 5.82 Å². The summed E-state index contributed by atoms with van der Waals surface area (Å²) in [6.07, 6.45) is 3.31. The molecule has 0 saturated carbocycles. The first-order chi connectivity index (χ1) is 7.60. The lowest BCUT2D eigenvalue weighted by Gasteiger charge is -2.18. The molecule has 5 heteroatoms. The van der Waals surface area contributed by atoms with Crippen molar-refractivity contribution in [3.63, 3.8) is 0 Å². The van der Waals surface area contributed by atoms with E-state index in [1.54, 1.807) is 6.20 Å². The molecule has 0 aliphatic carbocycles. The summed E-state index contributed by atoms with van der Waals surface area (Å²) in [5.74, 6) is 0.784. The molecule has 1 atom stereocenters. The fourth-order valence-electron chi connectivity index (χ4n) is 1.42. The van der Waals surface area contributed by atoms with E-state index in [-0.39, 0.29) is 12.6 Å². The lowest BCUT2D eigenvalue weighted by Crippen LogP contribution is -2.21. The first-order valence-electron chi connectivity index (χ1n) is 5.38. The van der Waals surface area contributed by atoms with Crippen LogP contribution in [0.5, 0.6) is 0 Å². The molecular formula is C11H18BrN3O. The Labute approximate surface area is 104 Å². The fourth-order valence-corrected chi connectivity index (χ4v) is 1.87. The number of pyridine rings is 1. The second-order valence-electron chi connectivity index (χ2n) is 3.76. The van der Waals surface area contributed by atoms with E-state index in [0.29, 0.717) is 12.1 Å². The van der Waals surface area contributed by atoms with Crippen LogP contribution in [0, 0.1) is 6.92 Å². The summed E-state index contributed by atoms with van der Waals surface area (Å²) < 4.78 is 0.892. The molecular weight excluding hydrogens is 270 g/mol. The Bertz CT molecular complexity index is 357. The molecule has 0 saturated heterocycles. The van der Waals surface area contributed by atoms with E-state index < -0.39 is 0 Å². The van der Waals surface area contributed by atoms with Gasteiger partial charge >= 0.3 is 0 Å². The minimum Gasteiger partial charge on any atom is -0.397 e. The molecule has 0 radical (unpaired) electrons. The monoisotopic (exact) mass is 287 g/mol. The smallest absolute Gasteiger partial charge is 0.140 e. The molecule has 1 aromatic heterocycles. The molecule has 4 N–H and O–H groups in total. The van der Waals surface area contributed by atoms with E-state index in [9.17, 15) is 0 Å². The molecule has 90 valence electrons. The second-order valence-corrected chi connectivity index (χ2v) is 4.56. The van der Waals surface area contributed by atoms with Crippen molar-refractivity contribution in [2.75, 3.05) is 17.7 Å². The molecule has 16 heavy (non-hydrogen) atoms. The maximum atomic E-state index is 8.92. The summed E-state index contributed by atoms with van der Waals surface area (Å²) >= 11 is 3.47. The number of hydrogen-bond acceptors (Lipinski definition) is 4. The van der Waals surface area contributed by atoms with Crippen LogP contribution in [0.2, 0.25) is 0 Å². The molecule has 0 bridgehead atoms. The number of halogens is 1. The molecule has 0 amide bonds. The number of nitrogens with one attached hydrogen (secondary N) is 1. The Morgan fingerprint density at radius 2 is 2.31 bits per heavy atom. The van der Waals surface area contributed by atoms with Gasteiger partial charge in [-0.2, -0.15) is 0 Å². The predicted molar refractivity (Wildman–Crippen MR) is 70.5 cm³/mol. The van der Waals surface area contributed by atoms with Crippen molar-refractivity contribution in [3.05, 3.63) is 16.2 Å². The quantitative estimate of drug-likeness (QED) is 0.777. The highest BCUT2D eigenvalue weighted by Gasteiger charge is 2.11. The van der Waals surface area contributed by atoms with Gasteiger partial charge in [-0.25, -0.2) is 4.98 Å². The number of rotatable bonds is 5. The van der Waals surface area contributed by atoms with Gasteiger partial charge in [0.15, 0.2) is 0 Å². The Morgan fingerprint density at radius 3 is 2.88 bits per heavy atom. The number of hydrogen-bond donors (Lipinski definition) is 3. The number of nitrogen functional groups attached to an aromatic ring is 1. The lowest BCUT2D eigenvalue weighted by atomic mass is 10.1. The maximum absolute atomic E-state index is 8.92. The van der Waals surface area contributed by atoms with Crippen LogP contribution < -0.4 is 11.1 Å². The van der Waals surface area contributed by atoms with Gasteiger partial charge in [0.05, 0.1) is 16.4 Å². The number of aliphatic hydroxyl groups excluding tert-OH is 1. The molecule has 1 unspecified atom stereocenters. The number of aromatic nitrogens is 1. The Hall–Kier alpha value is -0.810.